The smallest absolute Gasteiger partial charge is 0.0991 e. The van der Waals surface area contributed by atoms with E-state index < -0.39 is 0 Å². The molecule has 0 aliphatic carbocycles. The molecule has 2 nitrogen and oxygen atoms in total. The highest BCUT2D eigenvalue weighted by Gasteiger charge is 2.39. The minimum atomic E-state index is 0.368. The lowest BCUT2D eigenvalue weighted by molar-refractivity contribution is 0.0411. The zero-order valence-electron chi connectivity index (χ0n) is 13.4. The Bertz CT molecular complexity index is 708. The van der Waals surface area contributed by atoms with Crippen molar-refractivity contribution in [2.24, 2.45) is 5.92 Å². The predicted octanol–water partition coefficient (Wildman–Crippen LogP) is 4.17. The Balaban J connectivity index is 1.77. The van der Waals surface area contributed by atoms with Gasteiger partial charge in [-0.2, -0.15) is 5.26 Å². The van der Waals surface area contributed by atoms with Gasteiger partial charge in [-0.1, -0.05) is 42.5 Å². The molecule has 5 rings (SSSR count). The van der Waals surface area contributed by atoms with E-state index in [4.69, 9.17) is 0 Å². The van der Waals surface area contributed by atoms with Gasteiger partial charge in [0, 0.05) is 12.0 Å². The van der Waals surface area contributed by atoms with Crippen LogP contribution in [-0.2, 0) is 0 Å². The third-order valence-corrected chi connectivity index (χ3v) is 5.61. The summed E-state index contributed by atoms with van der Waals surface area (Å²) in [6.45, 7) is 2.47. The summed E-state index contributed by atoms with van der Waals surface area (Å²) < 4.78 is 0. The molecule has 2 atom stereocenters. The van der Waals surface area contributed by atoms with Crippen LogP contribution >= 0.6 is 0 Å². The Hall–Kier alpha value is -2.11. The van der Waals surface area contributed by atoms with Crippen LogP contribution in [0, 0.1) is 17.2 Å². The summed E-state index contributed by atoms with van der Waals surface area (Å²) >= 11 is 0. The lowest BCUT2D eigenvalue weighted by Crippen LogP contribution is -2.51. The molecule has 3 saturated heterocycles. The second kappa shape index (κ2) is 6.18. The molecule has 3 fully saturated rings. The summed E-state index contributed by atoms with van der Waals surface area (Å²) in [6.07, 6.45) is 4.00. The molecule has 3 aliphatic rings. The topological polar surface area (TPSA) is 27.0 Å². The highest BCUT2D eigenvalue weighted by Crippen LogP contribution is 2.41. The molecule has 0 amide bonds. The molecule has 0 aromatic heterocycles. The standard InChI is InChI=1S/C21H22N2/c22-15-17-5-4-8-19(13-17)21(18-6-2-1-3-7-18)20-14-16-9-11-23(20)12-10-16/h1-8,13,16,20-21H,9-12,14H2. The molecule has 0 saturated carbocycles. The molecule has 2 aromatic carbocycles. The van der Waals surface area contributed by atoms with Gasteiger partial charge in [-0.25, -0.2) is 0 Å². The SMILES string of the molecule is N#Cc1cccc(C(c2ccccc2)C2CC3CCN2CC3)c1. The molecular weight excluding hydrogens is 280 g/mol. The maximum absolute atomic E-state index is 9.27. The van der Waals surface area contributed by atoms with Crippen LogP contribution in [0.2, 0.25) is 0 Å². The number of fused-ring (bicyclic) bond motifs is 3. The average Bonchev–Trinajstić information content (AvgIpc) is 2.64. The molecule has 2 heteroatoms. The molecule has 2 unspecified atom stereocenters. The summed E-state index contributed by atoms with van der Waals surface area (Å²) in [5, 5.41) is 9.27. The predicted molar refractivity (Wildman–Crippen MR) is 92.1 cm³/mol. The number of hydrogen-bond donors (Lipinski definition) is 0. The molecule has 2 aromatic rings. The first-order valence-corrected chi connectivity index (χ1v) is 8.64. The molecule has 0 radical (unpaired) electrons. The van der Waals surface area contributed by atoms with E-state index in [1.165, 1.54) is 43.5 Å². The van der Waals surface area contributed by atoms with Crippen molar-refractivity contribution in [3.05, 3.63) is 71.3 Å². The van der Waals surface area contributed by atoms with E-state index in [9.17, 15) is 5.26 Å². The number of piperidine rings is 3. The number of nitrogens with zero attached hydrogens (tertiary/aromatic N) is 2. The summed E-state index contributed by atoms with van der Waals surface area (Å²) in [7, 11) is 0. The van der Waals surface area contributed by atoms with Crippen molar-refractivity contribution >= 4 is 0 Å². The molecule has 0 N–H and O–H groups in total. The second-order valence-electron chi connectivity index (χ2n) is 6.91. The lowest BCUT2D eigenvalue weighted by Gasteiger charge is -2.48. The van der Waals surface area contributed by atoms with Crippen molar-refractivity contribution in [2.45, 2.75) is 31.2 Å². The van der Waals surface area contributed by atoms with Gasteiger partial charge in [0.05, 0.1) is 11.6 Å². The van der Waals surface area contributed by atoms with Gasteiger partial charge in [0.25, 0.3) is 0 Å². The molecule has 3 aliphatic heterocycles. The second-order valence-corrected chi connectivity index (χ2v) is 6.91. The highest BCUT2D eigenvalue weighted by atomic mass is 15.2. The minimum absolute atomic E-state index is 0.368. The van der Waals surface area contributed by atoms with Crippen molar-refractivity contribution in [3.63, 3.8) is 0 Å². The van der Waals surface area contributed by atoms with Gasteiger partial charge in [0.1, 0.15) is 0 Å². The lowest BCUT2D eigenvalue weighted by atomic mass is 9.74. The van der Waals surface area contributed by atoms with Crippen LogP contribution in [0.5, 0.6) is 0 Å². The maximum Gasteiger partial charge on any atom is 0.0991 e. The van der Waals surface area contributed by atoms with Crippen LogP contribution in [0.25, 0.3) is 0 Å². The number of hydrogen-bond acceptors (Lipinski definition) is 2. The third-order valence-electron chi connectivity index (χ3n) is 5.61. The van der Waals surface area contributed by atoms with Crippen molar-refractivity contribution in [1.29, 1.82) is 5.26 Å². The molecule has 116 valence electrons. The fraction of sp³-hybridized carbons (Fsp3) is 0.381. The zero-order valence-corrected chi connectivity index (χ0v) is 13.4. The molecule has 0 spiro atoms. The fourth-order valence-electron chi connectivity index (χ4n) is 4.46. The first-order valence-electron chi connectivity index (χ1n) is 8.64. The van der Waals surface area contributed by atoms with Crippen LogP contribution in [-0.4, -0.2) is 24.0 Å². The average molecular weight is 302 g/mol. The van der Waals surface area contributed by atoms with Gasteiger partial charge >= 0.3 is 0 Å². The first kappa shape index (κ1) is 14.5. The van der Waals surface area contributed by atoms with Gasteiger partial charge in [-0.3, -0.25) is 4.90 Å². The Kier molecular flexibility index (Phi) is 3.89. The van der Waals surface area contributed by atoms with Gasteiger partial charge in [-0.15, -0.1) is 0 Å². The Morgan fingerprint density at radius 3 is 2.35 bits per heavy atom. The van der Waals surface area contributed by atoms with Gasteiger partial charge in [0.2, 0.25) is 0 Å². The van der Waals surface area contributed by atoms with Crippen LogP contribution < -0.4 is 0 Å². The monoisotopic (exact) mass is 302 g/mol. The molecule has 23 heavy (non-hydrogen) atoms. The van der Waals surface area contributed by atoms with E-state index in [0.717, 1.165) is 11.5 Å². The largest absolute Gasteiger partial charge is 0.299 e. The molecule has 2 bridgehead atoms. The number of benzene rings is 2. The van der Waals surface area contributed by atoms with E-state index in [2.05, 4.69) is 53.4 Å². The number of rotatable bonds is 3. The zero-order chi connectivity index (χ0) is 15.6. The quantitative estimate of drug-likeness (QED) is 0.850. The van der Waals surface area contributed by atoms with E-state index >= 15 is 0 Å². The third kappa shape index (κ3) is 2.78. The molecule has 3 heterocycles. The van der Waals surface area contributed by atoms with Gasteiger partial charge < -0.3 is 0 Å². The van der Waals surface area contributed by atoms with E-state index in [-0.39, 0.29) is 0 Å². The van der Waals surface area contributed by atoms with Crippen LogP contribution in [0.15, 0.2) is 54.6 Å². The number of nitriles is 1. The summed E-state index contributed by atoms with van der Waals surface area (Å²) in [5.74, 6) is 1.25. The highest BCUT2D eigenvalue weighted by molar-refractivity contribution is 5.40. The summed E-state index contributed by atoms with van der Waals surface area (Å²) in [6, 6.07) is 21.9. The van der Waals surface area contributed by atoms with Crippen LogP contribution in [0.1, 0.15) is 41.9 Å². The first-order chi connectivity index (χ1) is 11.3. The fourth-order valence-corrected chi connectivity index (χ4v) is 4.46. The summed E-state index contributed by atoms with van der Waals surface area (Å²) in [4.78, 5) is 2.68. The van der Waals surface area contributed by atoms with Crippen molar-refractivity contribution in [3.8, 4) is 6.07 Å². The maximum atomic E-state index is 9.27. The Labute approximate surface area is 138 Å². The van der Waals surface area contributed by atoms with Gasteiger partial charge in [-0.05, 0) is 61.5 Å². The minimum Gasteiger partial charge on any atom is -0.299 e. The van der Waals surface area contributed by atoms with Gasteiger partial charge in [0.15, 0.2) is 0 Å². The molecular formula is C21H22N2. The van der Waals surface area contributed by atoms with E-state index in [1.54, 1.807) is 0 Å². The normalized spacial score (nSPS) is 27.3. The van der Waals surface area contributed by atoms with E-state index in [0.29, 0.717) is 12.0 Å². The van der Waals surface area contributed by atoms with E-state index in [1.807, 2.05) is 12.1 Å². The van der Waals surface area contributed by atoms with Crippen molar-refractivity contribution < 1.29 is 0 Å². The van der Waals surface area contributed by atoms with Crippen LogP contribution in [0.3, 0.4) is 0 Å². The van der Waals surface area contributed by atoms with Crippen LogP contribution in [0.4, 0.5) is 0 Å². The Morgan fingerprint density at radius 1 is 0.957 bits per heavy atom. The van der Waals surface area contributed by atoms with Crippen molar-refractivity contribution in [2.75, 3.05) is 13.1 Å². The Morgan fingerprint density at radius 2 is 1.70 bits per heavy atom. The summed E-state index contributed by atoms with van der Waals surface area (Å²) in [5.41, 5.74) is 3.42. The van der Waals surface area contributed by atoms with Crippen molar-refractivity contribution in [1.82, 2.24) is 4.90 Å².